The lowest BCUT2D eigenvalue weighted by Crippen LogP contribution is -2.28. The first kappa shape index (κ1) is 13.1. The average Bonchev–Trinajstić information content (AvgIpc) is 2.70. The zero-order valence-electron chi connectivity index (χ0n) is 12.8. The van der Waals surface area contributed by atoms with Crippen LogP contribution in [0.5, 0.6) is 0 Å². The Morgan fingerprint density at radius 2 is 1.84 bits per heavy atom. The van der Waals surface area contributed by atoms with E-state index in [4.69, 9.17) is 4.98 Å². The smallest absolute Gasteiger partial charge is 0.123 e. The Hall–Kier alpha value is -0.870. The molecule has 1 aliphatic carbocycles. The zero-order valence-corrected chi connectivity index (χ0v) is 12.8. The van der Waals surface area contributed by atoms with E-state index in [0.29, 0.717) is 0 Å². The Morgan fingerprint density at radius 3 is 2.32 bits per heavy atom. The van der Waals surface area contributed by atoms with Gasteiger partial charge >= 0.3 is 0 Å². The van der Waals surface area contributed by atoms with E-state index in [2.05, 4.69) is 49.4 Å². The lowest BCUT2D eigenvalue weighted by molar-refractivity contribution is 0.251. The van der Waals surface area contributed by atoms with E-state index in [1.165, 1.54) is 36.8 Å². The summed E-state index contributed by atoms with van der Waals surface area (Å²) in [5.41, 5.74) is 2.47. The number of piperidine rings is 1. The molecular weight excluding hydrogens is 236 g/mol. The lowest BCUT2D eigenvalue weighted by atomic mass is 10.2. The fourth-order valence-corrected chi connectivity index (χ4v) is 3.69. The van der Waals surface area contributed by atoms with Crippen LogP contribution in [0.15, 0.2) is 0 Å². The largest absolute Gasteiger partial charge is 0.334 e. The minimum absolute atomic E-state index is 0.949. The van der Waals surface area contributed by atoms with Gasteiger partial charge in [-0.15, -0.1) is 0 Å². The molecule has 19 heavy (non-hydrogen) atoms. The third-order valence-corrected chi connectivity index (χ3v) is 5.10. The Kier molecular flexibility index (Phi) is 3.18. The summed E-state index contributed by atoms with van der Waals surface area (Å²) < 4.78 is 2.25. The molecule has 4 nitrogen and oxygen atoms in total. The highest BCUT2D eigenvalue weighted by atomic mass is 15.2. The van der Waals surface area contributed by atoms with Crippen molar-refractivity contribution in [2.45, 2.75) is 20.4 Å². The number of imidazole rings is 1. The van der Waals surface area contributed by atoms with Crippen LogP contribution in [0.1, 0.15) is 17.2 Å². The van der Waals surface area contributed by atoms with Gasteiger partial charge in [0.05, 0.1) is 12.2 Å². The number of aryl methyl sites for hydroxylation is 1. The predicted octanol–water partition coefficient (Wildman–Crippen LogP) is 1.28. The highest BCUT2D eigenvalue weighted by Gasteiger charge is 2.55. The van der Waals surface area contributed by atoms with Crippen molar-refractivity contribution in [2.24, 2.45) is 24.8 Å². The Labute approximate surface area is 116 Å². The minimum atomic E-state index is 0.949. The molecule has 0 spiro atoms. The molecule has 3 rings (SSSR count). The first-order valence-electron chi connectivity index (χ1n) is 7.33. The summed E-state index contributed by atoms with van der Waals surface area (Å²) in [5.74, 6) is 4.08. The quantitative estimate of drug-likeness (QED) is 0.817. The van der Waals surface area contributed by atoms with Gasteiger partial charge in [0.25, 0.3) is 0 Å². The number of hydrogen-bond acceptors (Lipinski definition) is 3. The maximum absolute atomic E-state index is 4.69. The summed E-state index contributed by atoms with van der Waals surface area (Å²) >= 11 is 0. The molecule has 1 saturated heterocycles. The maximum Gasteiger partial charge on any atom is 0.123 e. The van der Waals surface area contributed by atoms with E-state index in [0.717, 1.165) is 24.3 Å². The molecule has 1 aromatic heterocycles. The molecule has 1 unspecified atom stereocenters. The zero-order chi connectivity index (χ0) is 13.7. The molecule has 0 radical (unpaired) electrons. The van der Waals surface area contributed by atoms with Gasteiger partial charge in [0.15, 0.2) is 0 Å². The SMILES string of the molecule is Cc1nc(CN2C[C@@H]3C(CN(C)C)[C@@H]3C2)n(C)c1C. The standard InChI is InChI=1S/C15H26N4/c1-10-11(2)18(5)15(16-10)9-19-7-13-12(6-17(3)4)14(13)8-19/h12-14H,6-9H2,1-5H3/t12?,13-,14+. The van der Waals surface area contributed by atoms with Crippen molar-refractivity contribution >= 4 is 0 Å². The van der Waals surface area contributed by atoms with Crippen LogP contribution in [0.2, 0.25) is 0 Å². The van der Waals surface area contributed by atoms with E-state index in [-0.39, 0.29) is 0 Å². The number of hydrogen-bond donors (Lipinski definition) is 0. The van der Waals surface area contributed by atoms with Crippen LogP contribution < -0.4 is 0 Å². The van der Waals surface area contributed by atoms with Gasteiger partial charge in [-0.2, -0.15) is 0 Å². The van der Waals surface area contributed by atoms with E-state index < -0.39 is 0 Å². The van der Waals surface area contributed by atoms with Crippen LogP contribution in [0.25, 0.3) is 0 Å². The Morgan fingerprint density at radius 1 is 1.21 bits per heavy atom. The van der Waals surface area contributed by atoms with Crippen molar-refractivity contribution in [1.29, 1.82) is 0 Å². The molecule has 2 aliphatic rings. The van der Waals surface area contributed by atoms with Crippen LogP contribution >= 0.6 is 0 Å². The summed E-state index contributed by atoms with van der Waals surface area (Å²) in [6, 6.07) is 0. The maximum atomic E-state index is 4.69. The summed E-state index contributed by atoms with van der Waals surface area (Å²) in [4.78, 5) is 9.61. The number of likely N-dealkylation sites (tertiary alicyclic amines) is 1. The van der Waals surface area contributed by atoms with Crippen LogP contribution in [0.3, 0.4) is 0 Å². The van der Waals surface area contributed by atoms with Gasteiger partial charge in [0.2, 0.25) is 0 Å². The third-order valence-electron chi connectivity index (χ3n) is 5.10. The molecule has 0 N–H and O–H groups in total. The average molecular weight is 262 g/mol. The van der Waals surface area contributed by atoms with Crippen molar-refractivity contribution in [3.63, 3.8) is 0 Å². The summed E-state index contributed by atoms with van der Waals surface area (Å²) in [6.07, 6.45) is 0. The van der Waals surface area contributed by atoms with E-state index >= 15 is 0 Å². The second-order valence-corrected chi connectivity index (χ2v) is 6.71. The Balaban J connectivity index is 1.56. The van der Waals surface area contributed by atoms with Gasteiger partial charge in [-0.1, -0.05) is 0 Å². The lowest BCUT2D eigenvalue weighted by Gasteiger charge is -2.20. The number of aromatic nitrogens is 2. The van der Waals surface area contributed by atoms with Crippen LogP contribution in [-0.4, -0.2) is 53.1 Å². The third kappa shape index (κ3) is 2.32. The molecule has 1 aliphatic heterocycles. The van der Waals surface area contributed by atoms with Crippen molar-refractivity contribution in [3.8, 4) is 0 Å². The normalized spacial score (nSPS) is 30.1. The Bertz CT molecular complexity index is 465. The van der Waals surface area contributed by atoms with Gasteiger partial charge < -0.3 is 9.47 Å². The molecule has 2 fully saturated rings. The van der Waals surface area contributed by atoms with Gasteiger partial charge in [-0.05, 0) is 45.7 Å². The van der Waals surface area contributed by atoms with Gasteiger partial charge in [-0.25, -0.2) is 4.98 Å². The van der Waals surface area contributed by atoms with Crippen LogP contribution in [0, 0.1) is 31.6 Å². The molecule has 0 amide bonds. The molecule has 1 saturated carbocycles. The molecule has 3 atom stereocenters. The second kappa shape index (κ2) is 4.60. The van der Waals surface area contributed by atoms with Crippen LogP contribution in [-0.2, 0) is 13.6 Å². The first-order valence-corrected chi connectivity index (χ1v) is 7.33. The molecule has 106 valence electrons. The number of fused-ring (bicyclic) bond motifs is 1. The fourth-order valence-electron chi connectivity index (χ4n) is 3.69. The van der Waals surface area contributed by atoms with Crippen LogP contribution in [0.4, 0.5) is 0 Å². The molecule has 4 heteroatoms. The summed E-state index contributed by atoms with van der Waals surface area (Å²) in [7, 11) is 6.51. The minimum Gasteiger partial charge on any atom is -0.334 e. The number of nitrogens with zero attached hydrogens (tertiary/aromatic N) is 4. The summed E-state index contributed by atoms with van der Waals surface area (Å²) in [5, 5.41) is 0. The van der Waals surface area contributed by atoms with Gasteiger partial charge in [0, 0.05) is 32.4 Å². The molecule has 0 aromatic carbocycles. The molecule has 0 bridgehead atoms. The molecule has 1 aromatic rings. The topological polar surface area (TPSA) is 24.3 Å². The fraction of sp³-hybridized carbons (Fsp3) is 0.800. The van der Waals surface area contributed by atoms with Crippen molar-refractivity contribution in [3.05, 3.63) is 17.2 Å². The van der Waals surface area contributed by atoms with Gasteiger partial charge in [-0.3, -0.25) is 4.90 Å². The molecular formula is C15H26N4. The monoisotopic (exact) mass is 262 g/mol. The van der Waals surface area contributed by atoms with E-state index in [1.54, 1.807) is 0 Å². The van der Waals surface area contributed by atoms with Crippen molar-refractivity contribution < 1.29 is 0 Å². The summed E-state index contributed by atoms with van der Waals surface area (Å²) in [6.45, 7) is 9.09. The predicted molar refractivity (Wildman–Crippen MR) is 77.0 cm³/mol. The highest BCUT2D eigenvalue weighted by Crippen LogP contribution is 2.51. The molecule has 2 heterocycles. The first-order chi connectivity index (χ1) is 8.97. The second-order valence-electron chi connectivity index (χ2n) is 6.71. The highest BCUT2D eigenvalue weighted by molar-refractivity contribution is 5.14. The van der Waals surface area contributed by atoms with Crippen molar-refractivity contribution in [2.75, 3.05) is 33.7 Å². The van der Waals surface area contributed by atoms with Gasteiger partial charge in [0.1, 0.15) is 5.82 Å². The van der Waals surface area contributed by atoms with E-state index in [9.17, 15) is 0 Å². The van der Waals surface area contributed by atoms with E-state index in [1.807, 2.05) is 0 Å². The van der Waals surface area contributed by atoms with Crippen molar-refractivity contribution in [1.82, 2.24) is 19.4 Å². The number of rotatable bonds is 4.